The molecule has 0 radical (unpaired) electrons. The number of nitrogens with zero attached hydrogens (tertiary/aromatic N) is 2. The van der Waals surface area contributed by atoms with Gasteiger partial charge in [0.25, 0.3) is 5.91 Å². The maximum Gasteiger partial charge on any atom is 0.257 e. The Balaban J connectivity index is 2.04. The van der Waals surface area contributed by atoms with Crippen LogP contribution in [-0.4, -0.2) is 34.5 Å². The van der Waals surface area contributed by atoms with E-state index in [9.17, 15) is 4.79 Å². The highest BCUT2D eigenvalue weighted by atomic mass is 16.5. The van der Waals surface area contributed by atoms with Gasteiger partial charge in [-0.2, -0.15) is 0 Å². The normalized spacial score (nSPS) is 9.94. The molecule has 0 saturated heterocycles. The van der Waals surface area contributed by atoms with E-state index in [1.807, 2.05) is 12.1 Å². The zero-order valence-corrected chi connectivity index (χ0v) is 9.30. The van der Waals surface area contributed by atoms with Crippen molar-refractivity contribution >= 4 is 5.91 Å². The predicted molar refractivity (Wildman–Crippen MR) is 61.4 cm³/mol. The van der Waals surface area contributed by atoms with Crippen molar-refractivity contribution in [2.45, 2.75) is 0 Å². The molecule has 1 amide bonds. The van der Waals surface area contributed by atoms with Crippen molar-refractivity contribution in [3.8, 4) is 17.3 Å². The fraction of sp³-hybridized carbons (Fsp3) is 0.182. The summed E-state index contributed by atoms with van der Waals surface area (Å²) >= 11 is 0. The highest BCUT2D eigenvalue weighted by Gasteiger charge is 2.05. The number of hydrogen-bond donors (Lipinski definition) is 2. The fourth-order valence-corrected chi connectivity index (χ4v) is 1.25. The molecular formula is C11H12N4O2. The van der Waals surface area contributed by atoms with Gasteiger partial charge in [0.15, 0.2) is 6.61 Å². The highest BCUT2D eigenvalue weighted by Crippen LogP contribution is 2.17. The molecular weight excluding hydrogens is 220 g/mol. The van der Waals surface area contributed by atoms with Crippen LogP contribution in [0.5, 0.6) is 5.88 Å². The van der Waals surface area contributed by atoms with Crippen LogP contribution in [0.2, 0.25) is 0 Å². The molecule has 6 heteroatoms. The van der Waals surface area contributed by atoms with Crippen LogP contribution < -0.4 is 10.1 Å². The number of hydrogen-bond acceptors (Lipinski definition) is 4. The number of H-pyrrole nitrogens is 1. The molecule has 0 aliphatic rings. The summed E-state index contributed by atoms with van der Waals surface area (Å²) in [5.74, 6) is 0.949. The van der Waals surface area contributed by atoms with Crippen LogP contribution in [-0.2, 0) is 4.79 Å². The van der Waals surface area contributed by atoms with E-state index in [1.165, 1.54) is 0 Å². The third-order valence-electron chi connectivity index (χ3n) is 2.14. The van der Waals surface area contributed by atoms with Gasteiger partial charge in [0, 0.05) is 25.0 Å². The standard InChI is InChI=1S/C11H12N4O2/c1-12-9(16)7-17-10-6-14-11(15-10)8-2-4-13-5-3-8/h2-6H,7H2,1H3,(H,12,16)(H,14,15). The van der Waals surface area contributed by atoms with Gasteiger partial charge in [0.1, 0.15) is 5.82 Å². The summed E-state index contributed by atoms with van der Waals surface area (Å²) in [7, 11) is 1.56. The first kappa shape index (κ1) is 11.1. The zero-order valence-electron chi connectivity index (χ0n) is 9.30. The van der Waals surface area contributed by atoms with E-state index in [0.717, 1.165) is 5.56 Å². The lowest BCUT2D eigenvalue weighted by Crippen LogP contribution is -2.24. The number of amides is 1. The van der Waals surface area contributed by atoms with Gasteiger partial charge in [0.05, 0.1) is 6.20 Å². The molecule has 0 aromatic carbocycles. The van der Waals surface area contributed by atoms with Crippen molar-refractivity contribution in [2.75, 3.05) is 13.7 Å². The minimum Gasteiger partial charge on any atom is -0.468 e. The highest BCUT2D eigenvalue weighted by molar-refractivity contribution is 5.77. The largest absolute Gasteiger partial charge is 0.468 e. The van der Waals surface area contributed by atoms with Crippen molar-refractivity contribution in [3.63, 3.8) is 0 Å². The molecule has 0 unspecified atom stereocenters. The van der Waals surface area contributed by atoms with Crippen LogP contribution in [0.4, 0.5) is 0 Å². The van der Waals surface area contributed by atoms with Crippen LogP contribution in [0.25, 0.3) is 11.4 Å². The summed E-state index contributed by atoms with van der Waals surface area (Å²) in [5.41, 5.74) is 0.912. The molecule has 2 heterocycles. The molecule has 0 saturated carbocycles. The molecule has 2 aromatic heterocycles. The van der Waals surface area contributed by atoms with E-state index in [0.29, 0.717) is 11.7 Å². The third-order valence-corrected chi connectivity index (χ3v) is 2.14. The molecule has 2 rings (SSSR count). The van der Waals surface area contributed by atoms with Crippen molar-refractivity contribution in [3.05, 3.63) is 30.7 Å². The number of ether oxygens (including phenoxy) is 1. The van der Waals surface area contributed by atoms with Gasteiger partial charge in [-0.1, -0.05) is 0 Å². The summed E-state index contributed by atoms with van der Waals surface area (Å²) in [6.45, 7) is -0.0333. The Hall–Kier alpha value is -2.37. The quantitative estimate of drug-likeness (QED) is 0.808. The van der Waals surface area contributed by atoms with E-state index < -0.39 is 0 Å². The summed E-state index contributed by atoms with van der Waals surface area (Å²) < 4.78 is 5.22. The second kappa shape index (κ2) is 5.11. The minimum atomic E-state index is -0.190. The minimum absolute atomic E-state index is 0.0333. The summed E-state index contributed by atoms with van der Waals surface area (Å²) in [6.07, 6.45) is 4.91. The predicted octanol–water partition coefficient (Wildman–Crippen LogP) is 0.596. The lowest BCUT2D eigenvalue weighted by atomic mass is 10.3. The second-order valence-corrected chi connectivity index (χ2v) is 3.29. The number of rotatable bonds is 4. The summed E-state index contributed by atoms with van der Waals surface area (Å²) in [6, 6.07) is 3.67. The van der Waals surface area contributed by atoms with Gasteiger partial charge in [-0.25, -0.2) is 4.98 Å². The Morgan fingerprint density at radius 2 is 2.24 bits per heavy atom. The first-order valence-corrected chi connectivity index (χ1v) is 5.08. The van der Waals surface area contributed by atoms with Crippen LogP contribution in [0.1, 0.15) is 0 Å². The van der Waals surface area contributed by atoms with Crippen molar-refractivity contribution in [1.29, 1.82) is 0 Å². The SMILES string of the molecule is CNC(=O)COc1cnc(-c2ccncc2)[nH]1. The number of carbonyl (C=O) groups is 1. The topological polar surface area (TPSA) is 79.9 Å². The molecule has 0 fully saturated rings. The summed E-state index contributed by atoms with van der Waals surface area (Å²) in [4.78, 5) is 22.0. The molecule has 88 valence electrons. The number of likely N-dealkylation sites (N-methyl/N-ethyl adjacent to an activating group) is 1. The van der Waals surface area contributed by atoms with Crippen LogP contribution in [0, 0.1) is 0 Å². The maximum absolute atomic E-state index is 11.0. The van der Waals surface area contributed by atoms with Gasteiger partial charge in [-0.3, -0.25) is 9.78 Å². The Morgan fingerprint density at radius 1 is 1.47 bits per heavy atom. The molecule has 6 nitrogen and oxygen atoms in total. The van der Waals surface area contributed by atoms with E-state index in [-0.39, 0.29) is 12.5 Å². The Bertz CT molecular complexity index is 495. The lowest BCUT2D eigenvalue weighted by molar-refractivity contribution is -0.122. The van der Waals surface area contributed by atoms with Crippen molar-refractivity contribution in [1.82, 2.24) is 20.3 Å². The Labute approximate surface area is 98.1 Å². The lowest BCUT2D eigenvalue weighted by Gasteiger charge is -2.01. The Morgan fingerprint density at radius 3 is 2.94 bits per heavy atom. The van der Waals surface area contributed by atoms with Gasteiger partial charge < -0.3 is 15.0 Å². The molecule has 2 aromatic rings. The van der Waals surface area contributed by atoms with Gasteiger partial charge in [-0.15, -0.1) is 0 Å². The number of pyridine rings is 1. The smallest absolute Gasteiger partial charge is 0.257 e. The van der Waals surface area contributed by atoms with Crippen molar-refractivity contribution in [2.24, 2.45) is 0 Å². The van der Waals surface area contributed by atoms with Crippen LogP contribution in [0.15, 0.2) is 30.7 Å². The first-order chi connectivity index (χ1) is 8.29. The summed E-state index contributed by atoms with van der Waals surface area (Å²) in [5, 5.41) is 2.47. The fourth-order valence-electron chi connectivity index (χ4n) is 1.25. The molecule has 17 heavy (non-hydrogen) atoms. The molecule has 0 atom stereocenters. The average molecular weight is 232 g/mol. The number of imidazole rings is 1. The molecule has 0 bridgehead atoms. The molecule has 0 spiro atoms. The average Bonchev–Trinajstić information content (AvgIpc) is 2.86. The number of carbonyl (C=O) groups excluding carboxylic acids is 1. The number of aromatic amines is 1. The van der Waals surface area contributed by atoms with Gasteiger partial charge in [-0.05, 0) is 12.1 Å². The van der Waals surface area contributed by atoms with Gasteiger partial charge in [0.2, 0.25) is 5.88 Å². The first-order valence-electron chi connectivity index (χ1n) is 5.08. The Kier molecular flexibility index (Phi) is 3.34. The van der Waals surface area contributed by atoms with E-state index in [1.54, 1.807) is 25.6 Å². The molecule has 0 aliphatic carbocycles. The zero-order chi connectivity index (χ0) is 12.1. The third kappa shape index (κ3) is 2.81. The van der Waals surface area contributed by atoms with Gasteiger partial charge >= 0.3 is 0 Å². The molecule has 2 N–H and O–H groups in total. The van der Waals surface area contributed by atoms with E-state index >= 15 is 0 Å². The number of aromatic nitrogens is 3. The van der Waals surface area contributed by atoms with Crippen LogP contribution in [0.3, 0.4) is 0 Å². The monoisotopic (exact) mass is 232 g/mol. The van der Waals surface area contributed by atoms with E-state index in [4.69, 9.17) is 4.74 Å². The van der Waals surface area contributed by atoms with Crippen molar-refractivity contribution < 1.29 is 9.53 Å². The number of nitrogens with one attached hydrogen (secondary N) is 2. The van der Waals surface area contributed by atoms with Crippen LogP contribution >= 0.6 is 0 Å². The maximum atomic E-state index is 11.0. The second-order valence-electron chi connectivity index (χ2n) is 3.29. The van der Waals surface area contributed by atoms with E-state index in [2.05, 4.69) is 20.3 Å². The molecule has 0 aliphatic heterocycles.